The topological polar surface area (TPSA) is 100 Å². The second-order valence-electron chi connectivity index (χ2n) is 8.57. The number of aryl methyl sites for hydroxylation is 1. The Morgan fingerprint density at radius 3 is 2.38 bits per heavy atom. The van der Waals surface area contributed by atoms with Gasteiger partial charge >= 0.3 is 0 Å². The summed E-state index contributed by atoms with van der Waals surface area (Å²) >= 11 is 6.03. The molecule has 37 heavy (non-hydrogen) atoms. The van der Waals surface area contributed by atoms with Gasteiger partial charge in [-0.2, -0.15) is 0 Å². The molecule has 0 saturated heterocycles. The summed E-state index contributed by atoms with van der Waals surface area (Å²) < 4.78 is 27.7. The quantitative estimate of drug-likeness (QED) is 0.230. The molecule has 3 aromatic carbocycles. The molecule has 0 radical (unpaired) electrons. The molecular formula is C28H29ClN4O3S. The number of carbonyl (C=O) groups is 1. The molecule has 9 heteroatoms. The fourth-order valence-corrected chi connectivity index (χ4v) is 5.11. The average Bonchev–Trinajstić information content (AvgIpc) is 2.90. The molecule has 3 N–H and O–H groups in total. The first-order valence-electron chi connectivity index (χ1n) is 12.1. The second kappa shape index (κ2) is 12.7. The Balaban J connectivity index is 1.18. The number of benzene rings is 3. The van der Waals surface area contributed by atoms with Gasteiger partial charge in [0.2, 0.25) is 15.9 Å². The second-order valence-corrected chi connectivity index (χ2v) is 10.8. The Labute approximate surface area is 222 Å². The average molecular weight is 537 g/mol. The smallest absolute Gasteiger partial charge is 0.240 e. The van der Waals surface area contributed by atoms with E-state index in [1.165, 1.54) is 0 Å². The van der Waals surface area contributed by atoms with Crippen LogP contribution in [0.1, 0.15) is 17.5 Å². The largest absolute Gasteiger partial charge is 0.383 e. The summed E-state index contributed by atoms with van der Waals surface area (Å²) in [4.78, 5) is 16.8. The molecule has 0 spiro atoms. The Bertz CT molecular complexity index is 1450. The molecule has 1 heterocycles. The molecule has 0 fully saturated rings. The molecule has 0 aliphatic rings. The van der Waals surface area contributed by atoms with E-state index >= 15 is 0 Å². The third kappa shape index (κ3) is 7.76. The number of halogens is 1. The van der Waals surface area contributed by atoms with Crippen LogP contribution in [0, 0.1) is 0 Å². The molecule has 4 rings (SSSR count). The van der Waals surface area contributed by atoms with E-state index in [0.29, 0.717) is 43.9 Å². The third-order valence-corrected chi connectivity index (χ3v) is 7.60. The lowest BCUT2D eigenvalue weighted by Crippen LogP contribution is -2.29. The van der Waals surface area contributed by atoms with Crippen molar-refractivity contribution in [3.63, 3.8) is 0 Å². The van der Waals surface area contributed by atoms with E-state index in [-0.39, 0.29) is 10.8 Å². The minimum absolute atomic E-state index is 0.0626. The number of amides is 1. The van der Waals surface area contributed by atoms with Gasteiger partial charge in [0.25, 0.3) is 0 Å². The van der Waals surface area contributed by atoms with Gasteiger partial charge < -0.3 is 10.6 Å². The standard InChI is InChI=1S/C28H29ClN4O3S/c29-23-9-12-25-26(15-16-30-27(25)20-23)31-18-19-32-28(34)13-8-22-6-10-24(11-7-22)37(35,36)33-17-14-21-4-2-1-3-5-21/h1-7,9-12,15-16,20,33H,8,13-14,17-19H2,(H,30,31)(H,32,34). The predicted molar refractivity (Wildman–Crippen MR) is 148 cm³/mol. The Hall–Kier alpha value is -3.46. The van der Waals surface area contributed by atoms with Gasteiger partial charge in [0.15, 0.2) is 0 Å². The van der Waals surface area contributed by atoms with E-state index in [4.69, 9.17) is 11.6 Å². The summed E-state index contributed by atoms with van der Waals surface area (Å²) in [7, 11) is -3.58. The van der Waals surface area contributed by atoms with E-state index in [0.717, 1.165) is 27.7 Å². The molecule has 0 aliphatic carbocycles. The van der Waals surface area contributed by atoms with Gasteiger partial charge in [-0.05, 0) is 60.4 Å². The summed E-state index contributed by atoms with van der Waals surface area (Å²) in [6.07, 6.45) is 3.18. The van der Waals surface area contributed by atoms with Crippen molar-refractivity contribution >= 4 is 44.1 Å². The summed E-state index contributed by atoms with van der Waals surface area (Å²) in [5.74, 6) is -0.0626. The normalized spacial score (nSPS) is 11.4. The van der Waals surface area contributed by atoms with Gasteiger partial charge in [-0.25, -0.2) is 13.1 Å². The number of sulfonamides is 1. The first kappa shape index (κ1) is 26.6. The molecule has 0 bridgehead atoms. The number of nitrogens with zero attached hydrogens (tertiary/aromatic N) is 1. The first-order chi connectivity index (χ1) is 17.9. The van der Waals surface area contributed by atoms with Crippen LogP contribution in [0.5, 0.6) is 0 Å². The van der Waals surface area contributed by atoms with Crippen molar-refractivity contribution in [3.05, 3.63) is 101 Å². The van der Waals surface area contributed by atoms with Crippen LogP contribution < -0.4 is 15.4 Å². The highest BCUT2D eigenvalue weighted by atomic mass is 35.5. The van der Waals surface area contributed by atoms with Crippen LogP contribution in [0.4, 0.5) is 5.69 Å². The maximum absolute atomic E-state index is 12.5. The summed E-state index contributed by atoms with van der Waals surface area (Å²) in [5, 5.41) is 7.83. The number of anilines is 1. The zero-order valence-electron chi connectivity index (χ0n) is 20.3. The molecule has 7 nitrogen and oxygen atoms in total. The van der Waals surface area contributed by atoms with Gasteiger partial charge in [0.05, 0.1) is 10.4 Å². The zero-order valence-corrected chi connectivity index (χ0v) is 21.9. The van der Waals surface area contributed by atoms with Gasteiger partial charge in [-0.3, -0.25) is 9.78 Å². The van der Waals surface area contributed by atoms with Crippen LogP contribution in [0.2, 0.25) is 5.02 Å². The van der Waals surface area contributed by atoms with Crippen molar-refractivity contribution in [2.24, 2.45) is 0 Å². The van der Waals surface area contributed by atoms with Gasteiger partial charge in [-0.1, -0.05) is 54.1 Å². The third-order valence-electron chi connectivity index (χ3n) is 5.89. The molecular weight excluding hydrogens is 508 g/mol. The lowest BCUT2D eigenvalue weighted by molar-refractivity contribution is -0.120. The lowest BCUT2D eigenvalue weighted by atomic mass is 10.1. The van der Waals surface area contributed by atoms with Crippen LogP contribution in [-0.2, 0) is 27.7 Å². The van der Waals surface area contributed by atoms with E-state index in [1.54, 1.807) is 30.5 Å². The first-order valence-corrected chi connectivity index (χ1v) is 13.9. The van der Waals surface area contributed by atoms with E-state index in [1.807, 2.05) is 54.6 Å². The maximum atomic E-state index is 12.5. The van der Waals surface area contributed by atoms with Gasteiger partial charge in [0.1, 0.15) is 0 Å². The van der Waals surface area contributed by atoms with Crippen molar-refractivity contribution < 1.29 is 13.2 Å². The Morgan fingerprint density at radius 1 is 0.838 bits per heavy atom. The van der Waals surface area contributed by atoms with Crippen molar-refractivity contribution in [2.45, 2.75) is 24.2 Å². The molecule has 4 aromatic rings. The highest BCUT2D eigenvalue weighted by molar-refractivity contribution is 7.89. The number of hydrogen-bond donors (Lipinski definition) is 3. The number of fused-ring (bicyclic) bond motifs is 1. The molecule has 0 unspecified atom stereocenters. The van der Waals surface area contributed by atoms with Crippen LogP contribution in [0.15, 0.2) is 90.0 Å². The molecule has 0 atom stereocenters. The number of rotatable bonds is 12. The van der Waals surface area contributed by atoms with Crippen LogP contribution in [-0.4, -0.2) is 38.9 Å². The van der Waals surface area contributed by atoms with Crippen molar-refractivity contribution in [1.82, 2.24) is 15.0 Å². The summed E-state index contributed by atoms with van der Waals surface area (Å²) in [6, 6.07) is 23.8. The summed E-state index contributed by atoms with van der Waals surface area (Å²) in [6.45, 7) is 1.37. The highest BCUT2D eigenvalue weighted by Gasteiger charge is 2.13. The Kier molecular flexibility index (Phi) is 9.11. The van der Waals surface area contributed by atoms with Crippen LogP contribution in [0.3, 0.4) is 0 Å². The van der Waals surface area contributed by atoms with Crippen molar-refractivity contribution in [3.8, 4) is 0 Å². The Morgan fingerprint density at radius 2 is 1.59 bits per heavy atom. The number of pyridine rings is 1. The number of aromatic nitrogens is 1. The van der Waals surface area contributed by atoms with Crippen molar-refractivity contribution in [1.29, 1.82) is 0 Å². The van der Waals surface area contributed by atoms with Gasteiger partial charge in [-0.15, -0.1) is 0 Å². The molecule has 192 valence electrons. The van der Waals surface area contributed by atoms with Crippen LogP contribution in [0.25, 0.3) is 10.9 Å². The highest BCUT2D eigenvalue weighted by Crippen LogP contribution is 2.24. The number of nitrogens with one attached hydrogen (secondary N) is 3. The zero-order chi connectivity index (χ0) is 26.1. The number of hydrogen-bond acceptors (Lipinski definition) is 5. The van der Waals surface area contributed by atoms with Gasteiger partial charge in [0, 0.05) is 48.3 Å². The monoisotopic (exact) mass is 536 g/mol. The minimum Gasteiger partial charge on any atom is -0.383 e. The maximum Gasteiger partial charge on any atom is 0.240 e. The van der Waals surface area contributed by atoms with E-state index in [2.05, 4.69) is 20.3 Å². The fraction of sp³-hybridized carbons (Fsp3) is 0.214. The minimum atomic E-state index is -3.58. The summed E-state index contributed by atoms with van der Waals surface area (Å²) in [5.41, 5.74) is 3.72. The van der Waals surface area contributed by atoms with E-state index in [9.17, 15) is 13.2 Å². The van der Waals surface area contributed by atoms with Crippen LogP contribution >= 0.6 is 11.6 Å². The number of carbonyl (C=O) groups excluding carboxylic acids is 1. The molecule has 1 amide bonds. The molecule has 0 saturated carbocycles. The van der Waals surface area contributed by atoms with E-state index < -0.39 is 10.0 Å². The fourth-order valence-electron chi connectivity index (χ4n) is 3.91. The lowest BCUT2D eigenvalue weighted by Gasteiger charge is -2.11. The predicted octanol–water partition coefficient (Wildman–Crippen LogP) is 4.57. The molecule has 0 aliphatic heterocycles. The van der Waals surface area contributed by atoms with Crippen molar-refractivity contribution in [2.75, 3.05) is 25.0 Å². The SMILES string of the molecule is O=C(CCc1ccc(S(=O)(=O)NCCc2ccccc2)cc1)NCCNc1ccnc2cc(Cl)ccc12. The molecule has 1 aromatic heterocycles.